The van der Waals surface area contributed by atoms with Gasteiger partial charge in [-0.3, -0.25) is 9.59 Å². The molecular weight excluding hydrogens is 398 g/mol. The average Bonchev–Trinajstić information content (AvgIpc) is 2.84. The molecule has 0 atom stereocenters. The Morgan fingerprint density at radius 3 is 2.16 bits per heavy atom. The third kappa shape index (κ3) is 5.35. The standard InChI is InChI=1S/C27H29N3O2/c1-21-7-5-6-10-25(21)27(32)30-19-17-29(18-20-30)24-14-12-23(13-15-24)28-26(31)16-11-22-8-3-2-4-9-22/h2-10,12-15H,11,16-20H2,1H3,(H,28,31). The van der Waals surface area contributed by atoms with E-state index in [1.807, 2.05) is 90.7 Å². The first-order chi connectivity index (χ1) is 15.6. The molecule has 0 bridgehead atoms. The van der Waals surface area contributed by atoms with Crippen molar-refractivity contribution in [1.82, 2.24) is 4.90 Å². The van der Waals surface area contributed by atoms with Crippen molar-refractivity contribution in [2.75, 3.05) is 36.4 Å². The number of anilines is 2. The number of carbonyl (C=O) groups is 2. The van der Waals surface area contributed by atoms with Gasteiger partial charge in [-0.1, -0.05) is 48.5 Å². The molecule has 4 rings (SSSR count). The van der Waals surface area contributed by atoms with Crippen LogP contribution in [0.4, 0.5) is 11.4 Å². The van der Waals surface area contributed by atoms with Crippen LogP contribution in [0.2, 0.25) is 0 Å². The Balaban J connectivity index is 1.27. The third-order valence-electron chi connectivity index (χ3n) is 5.94. The maximum Gasteiger partial charge on any atom is 0.254 e. The van der Waals surface area contributed by atoms with Gasteiger partial charge in [0.1, 0.15) is 0 Å². The Hall–Kier alpha value is -3.60. The fourth-order valence-electron chi connectivity index (χ4n) is 4.03. The molecule has 1 aliphatic heterocycles. The van der Waals surface area contributed by atoms with Crippen LogP contribution >= 0.6 is 0 Å². The highest BCUT2D eigenvalue weighted by Crippen LogP contribution is 2.21. The van der Waals surface area contributed by atoms with Crippen molar-refractivity contribution in [1.29, 1.82) is 0 Å². The predicted octanol–water partition coefficient (Wildman–Crippen LogP) is 4.53. The van der Waals surface area contributed by atoms with E-state index in [1.54, 1.807) is 0 Å². The number of aryl methyl sites for hydroxylation is 2. The summed E-state index contributed by atoms with van der Waals surface area (Å²) in [6.07, 6.45) is 1.19. The van der Waals surface area contributed by atoms with Crippen molar-refractivity contribution in [2.24, 2.45) is 0 Å². The van der Waals surface area contributed by atoms with Crippen LogP contribution in [-0.4, -0.2) is 42.9 Å². The number of hydrogen-bond donors (Lipinski definition) is 1. The van der Waals surface area contributed by atoms with E-state index in [4.69, 9.17) is 0 Å². The smallest absolute Gasteiger partial charge is 0.254 e. The Morgan fingerprint density at radius 2 is 1.47 bits per heavy atom. The van der Waals surface area contributed by atoms with Crippen molar-refractivity contribution < 1.29 is 9.59 Å². The van der Waals surface area contributed by atoms with E-state index in [0.717, 1.165) is 47.6 Å². The highest BCUT2D eigenvalue weighted by Gasteiger charge is 2.23. The molecule has 0 radical (unpaired) electrons. The zero-order valence-electron chi connectivity index (χ0n) is 18.5. The molecule has 1 heterocycles. The molecule has 0 aliphatic carbocycles. The summed E-state index contributed by atoms with van der Waals surface area (Å²) in [6, 6.07) is 25.7. The maximum absolute atomic E-state index is 12.8. The average molecular weight is 428 g/mol. The van der Waals surface area contributed by atoms with E-state index in [0.29, 0.717) is 19.5 Å². The monoisotopic (exact) mass is 427 g/mol. The maximum atomic E-state index is 12.8. The molecule has 32 heavy (non-hydrogen) atoms. The molecule has 1 N–H and O–H groups in total. The third-order valence-corrected chi connectivity index (χ3v) is 5.94. The minimum Gasteiger partial charge on any atom is -0.368 e. The molecule has 0 saturated carbocycles. The molecule has 1 saturated heterocycles. The van der Waals surface area contributed by atoms with E-state index in [-0.39, 0.29) is 11.8 Å². The molecule has 164 valence electrons. The minimum atomic E-state index is 0.0185. The lowest BCUT2D eigenvalue weighted by atomic mass is 10.1. The largest absolute Gasteiger partial charge is 0.368 e. The van der Waals surface area contributed by atoms with Crippen molar-refractivity contribution in [2.45, 2.75) is 19.8 Å². The first kappa shape index (κ1) is 21.6. The van der Waals surface area contributed by atoms with Crippen molar-refractivity contribution in [3.05, 3.63) is 95.6 Å². The van der Waals surface area contributed by atoms with Crippen LogP contribution < -0.4 is 10.2 Å². The SMILES string of the molecule is Cc1ccccc1C(=O)N1CCN(c2ccc(NC(=O)CCc3ccccc3)cc2)CC1. The fraction of sp³-hybridized carbons (Fsp3) is 0.259. The van der Waals surface area contributed by atoms with Gasteiger partial charge >= 0.3 is 0 Å². The molecule has 0 unspecified atom stereocenters. The highest BCUT2D eigenvalue weighted by atomic mass is 16.2. The summed E-state index contributed by atoms with van der Waals surface area (Å²) in [5, 5.41) is 2.98. The Morgan fingerprint density at radius 1 is 0.812 bits per heavy atom. The number of hydrogen-bond acceptors (Lipinski definition) is 3. The Kier molecular flexibility index (Phi) is 6.85. The zero-order chi connectivity index (χ0) is 22.3. The number of benzene rings is 3. The molecule has 0 spiro atoms. The lowest BCUT2D eigenvalue weighted by Crippen LogP contribution is -2.48. The Labute approximate surface area is 189 Å². The Bertz CT molecular complexity index is 1060. The number of nitrogens with zero attached hydrogens (tertiary/aromatic N) is 2. The summed E-state index contributed by atoms with van der Waals surface area (Å²) >= 11 is 0. The van der Waals surface area contributed by atoms with Crippen LogP contribution in [0.25, 0.3) is 0 Å². The van der Waals surface area contributed by atoms with Crippen LogP contribution in [0.15, 0.2) is 78.9 Å². The van der Waals surface area contributed by atoms with Crippen molar-refractivity contribution in [3.63, 3.8) is 0 Å². The van der Waals surface area contributed by atoms with Crippen LogP contribution in [0, 0.1) is 6.92 Å². The number of piperazine rings is 1. The van der Waals surface area contributed by atoms with Gasteiger partial charge in [-0.15, -0.1) is 0 Å². The molecule has 1 aliphatic rings. The van der Waals surface area contributed by atoms with Gasteiger partial charge < -0.3 is 15.1 Å². The summed E-state index contributed by atoms with van der Waals surface area (Å²) in [7, 11) is 0. The molecule has 1 fully saturated rings. The summed E-state index contributed by atoms with van der Waals surface area (Å²) in [5.74, 6) is 0.126. The highest BCUT2D eigenvalue weighted by molar-refractivity contribution is 5.95. The molecule has 5 heteroatoms. The summed E-state index contributed by atoms with van der Waals surface area (Å²) in [6.45, 7) is 4.96. The summed E-state index contributed by atoms with van der Waals surface area (Å²) in [4.78, 5) is 29.3. The number of nitrogens with one attached hydrogen (secondary N) is 1. The first-order valence-electron chi connectivity index (χ1n) is 11.1. The second kappa shape index (κ2) is 10.1. The fourth-order valence-corrected chi connectivity index (χ4v) is 4.03. The minimum absolute atomic E-state index is 0.0185. The van der Waals surface area contributed by atoms with Gasteiger partial charge in [0, 0.05) is 49.5 Å². The number of carbonyl (C=O) groups excluding carboxylic acids is 2. The van der Waals surface area contributed by atoms with Crippen LogP contribution in [0.3, 0.4) is 0 Å². The second-order valence-corrected chi connectivity index (χ2v) is 8.17. The normalized spacial score (nSPS) is 13.7. The van der Waals surface area contributed by atoms with E-state index < -0.39 is 0 Å². The summed E-state index contributed by atoms with van der Waals surface area (Å²) in [5.41, 5.74) is 4.88. The molecule has 2 amide bonds. The van der Waals surface area contributed by atoms with Gasteiger partial charge in [0.25, 0.3) is 5.91 Å². The van der Waals surface area contributed by atoms with Gasteiger partial charge in [0.05, 0.1) is 0 Å². The van der Waals surface area contributed by atoms with Crippen molar-refractivity contribution >= 4 is 23.2 Å². The van der Waals surface area contributed by atoms with Gasteiger partial charge in [0.15, 0.2) is 0 Å². The molecule has 0 aromatic heterocycles. The van der Waals surface area contributed by atoms with E-state index in [1.165, 1.54) is 0 Å². The molecule has 3 aromatic carbocycles. The number of amides is 2. The molecule has 5 nitrogen and oxygen atoms in total. The lowest BCUT2D eigenvalue weighted by Gasteiger charge is -2.36. The van der Waals surface area contributed by atoms with Crippen LogP contribution in [-0.2, 0) is 11.2 Å². The van der Waals surface area contributed by atoms with Gasteiger partial charge in [0.2, 0.25) is 5.91 Å². The van der Waals surface area contributed by atoms with E-state index >= 15 is 0 Å². The first-order valence-corrected chi connectivity index (χ1v) is 11.1. The summed E-state index contributed by atoms with van der Waals surface area (Å²) < 4.78 is 0. The van der Waals surface area contributed by atoms with Crippen LogP contribution in [0.5, 0.6) is 0 Å². The van der Waals surface area contributed by atoms with Crippen LogP contribution in [0.1, 0.15) is 27.9 Å². The second-order valence-electron chi connectivity index (χ2n) is 8.17. The quantitative estimate of drug-likeness (QED) is 0.629. The zero-order valence-corrected chi connectivity index (χ0v) is 18.5. The van der Waals surface area contributed by atoms with E-state index in [9.17, 15) is 9.59 Å². The van der Waals surface area contributed by atoms with Gasteiger partial charge in [-0.05, 0) is 54.8 Å². The predicted molar refractivity (Wildman–Crippen MR) is 129 cm³/mol. The lowest BCUT2D eigenvalue weighted by molar-refractivity contribution is -0.116. The van der Waals surface area contributed by atoms with Gasteiger partial charge in [-0.2, -0.15) is 0 Å². The topological polar surface area (TPSA) is 52.7 Å². The number of rotatable bonds is 6. The molecule has 3 aromatic rings. The van der Waals surface area contributed by atoms with Gasteiger partial charge in [-0.25, -0.2) is 0 Å². The molecular formula is C27H29N3O2. The van der Waals surface area contributed by atoms with E-state index in [2.05, 4.69) is 10.2 Å². The van der Waals surface area contributed by atoms with Crippen molar-refractivity contribution in [3.8, 4) is 0 Å².